The molecule has 1 aliphatic rings. The minimum absolute atomic E-state index is 0. The van der Waals surface area contributed by atoms with E-state index < -0.39 is 0 Å². The van der Waals surface area contributed by atoms with Crippen LogP contribution < -0.4 is 5.32 Å². The highest BCUT2D eigenvalue weighted by molar-refractivity contribution is 14.0. The van der Waals surface area contributed by atoms with Crippen molar-refractivity contribution in [3.8, 4) is 0 Å². The molecule has 1 saturated heterocycles. The number of carbonyl (C=O) groups is 1. The summed E-state index contributed by atoms with van der Waals surface area (Å²) in [5.41, 5.74) is 0.600. The summed E-state index contributed by atoms with van der Waals surface area (Å²) in [5, 5.41) is 7.11. The standard InChI is InChI=1S/C16H27N5O2.HI/c1-11(2)21-14(22)9-20(10-16(21,4)5)15(17-6)18-8-13-7-12(3)19-23-13;/h7,11H,8-10H2,1-6H3,(H,17,18);1H. The van der Waals surface area contributed by atoms with Crippen molar-refractivity contribution in [1.82, 2.24) is 20.3 Å². The lowest BCUT2D eigenvalue weighted by Gasteiger charge is -2.49. The summed E-state index contributed by atoms with van der Waals surface area (Å²) in [7, 11) is 1.72. The van der Waals surface area contributed by atoms with Crippen LogP contribution >= 0.6 is 24.0 Å². The fourth-order valence-corrected chi connectivity index (χ4v) is 3.31. The third-order valence-electron chi connectivity index (χ3n) is 3.95. The monoisotopic (exact) mass is 449 g/mol. The topological polar surface area (TPSA) is 74.0 Å². The Hall–Kier alpha value is -1.32. The van der Waals surface area contributed by atoms with Crippen LogP contribution in [-0.4, -0.2) is 58.5 Å². The fraction of sp³-hybridized carbons (Fsp3) is 0.688. The van der Waals surface area contributed by atoms with E-state index in [1.54, 1.807) is 7.05 Å². The number of hydrogen-bond acceptors (Lipinski definition) is 4. The van der Waals surface area contributed by atoms with Crippen molar-refractivity contribution in [2.24, 2.45) is 4.99 Å². The summed E-state index contributed by atoms with van der Waals surface area (Å²) in [5.74, 6) is 1.56. The van der Waals surface area contributed by atoms with Gasteiger partial charge < -0.3 is 19.6 Å². The molecule has 0 aliphatic carbocycles. The summed E-state index contributed by atoms with van der Waals surface area (Å²) < 4.78 is 5.20. The van der Waals surface area contributed by atoms with Gasteiger partial charge in [-0.15, -0.1) is 24.0 Å². The summed E-state index contributed by atoms with van der Waals surface area (Å²) in [6.07, 6.45) is 0. The molecule has 1 amide bonds. The highest BCUT2D eigenvalue weighted by Gasteiger charge is 2.40. The van der Waals surface area contributed by atoms with Gasteiger partial charge in [-0.2, -0.15) is 0 Å². The Morgan fingerprint density at radius 1 is 1.50 bits per heavy atom. The molecule has 2 rings (SSSR count). The molecule has 8 heteroatoms. The minimum atomic E-state index is -0.246. The molecule has 0 bridgehead atoms. The van der Waals surface area contributed by atoms with Crippen LogP contribution in [-0.2, 0) is 11.3 Å². The molecule has 24 heavy (non-hydrogen) atoms. The Bertz CT molecular complexity index is 597. The van der Waals surface area contributed by atoms with E-state index in [1.165, 1.54) is 0 Å². The zero-order chi connectivity index (χ0) is 17.2. The molecule has 1 N–H and O–H groups in total. The first-order valence-corrected chi connectivity index (χ1v) is 7.94. The molecule has 0 radical (unpaired) electrons. The first kappa shape index (κ1) is 20.7. The summed E-state index contributed by atoms with van der Waals surface area (Å²) >= 11 is 0. The molecule has 0 spiro atoms. The molecule has 1 aliphatic heterocycles. The lowest BCUT2D eigenvalue weighted by molar-refractivity contribution is -0.145. The van der Waals surface area contributed by atoms with E-state index in [2.05, 4.69) is 43.2 Å². The number of amides is 1. The lowest BCUT2D eigenvalue weighted by Crippen LogP contribution is -2.66. The van der Waals surface area contributed by atoms with Gasteiger partial charge in [-0.25, -0.2) is 0 Å². The Kier molecular flexibility index (Phi) is 7.06. The van der Waals surface area contributed by atoms with E-state index in [9.17, 15) is 4.79 Å². The van der Waals surface area contributed by atoms with Crippen molar-refractivity contribution in [3.63, 3.8) is 0 Å². The number of piperazine rings is 1. The van der Waals surface area contributed by atoms with Crippen molar-refractivity contribution in [1.29, 1.82) is 0 Å². The zero-order valence-electron chi connectivity index (χ0n) is 15.3. The van der Waals surface area contributed by atoms with Gasteiger partial charge in [0.2, 0.25) is 5.91 Å². The van der Waals surface area contributed by atoms with Gasteiger partial charge in [-0.1, -0.05) is 5.16 Å². The smallest absolute Gasteiger partial charge is 0.242 e. The third kappa shape index (κ3) is 4.61. The maximum Gasteiger partial charge on any atom is 0.242 e. The Labute approximate surface area is 160 Å². The van der Waals surface area contributed by atoms with Gasteiger partial charge in [0.15, 0.2) is 11.7 Å². The number of nitrogens with zero attached hydrogens (tertiary/aromatic N) is 4. The number of rotatable bonds is 3. The van der Waals surface area contributed by atoms with E-state index in [1.807, 2.05) is 22.8 Å². The molecule has 1 aromatic heterocycles. The molecule has 0 saturated carbocycles. The average Bonchev–Trinajstić information content (AvgIpc) is 2.82. The fourth-order valence-electron chi connectivity index (χ4n) is 3.31. The van der Waals surface area contributed by atoms with Crippen molar-refractivity contribution in [2.45, 2.75) is 52.7 Å². The molecular formula is C16H28IN5O2. The Morgan fingerprint density at radius 3 is 2.62 bits per heavy atom. The quantitative estimate of drug-likeness (QED) is 0.434. The van der Waals surface area contributed by atoms with Gasteiger partial charge in [0.1, 0.15) is 0 Å². The number of aryl methyl sites for hydroxylation is 1. The van der Waals surface area contributed by atoms with Crippen LogP contribution in [0.2, 0.25) is 0 Å². The second-order valence-corrected chi connectivity index (χ2v) is 6.86. The predicted octanol–water partition coefficient (Wildman–Crippen LogP) is 2.01. The normalized spacial score (nSPS) is 18.0. The van der Waals surface area contributed by atoms with Crippen LogP contribution in [0.4, 0.5) is 0 Å². The van der Waals surface area contributed by atoms with E-state index in [0.717, 1.165) is 18.0 Å². The van der Waals surface area contributed by atoms with Gasteiger partial charge in [0.25, 0.3) is 0 Å². The molecule has 7 nitrogen and oxygen atoms in total. The average molecular weight is 449 g/mol. The van der Waals surface area contributed by atoms with Crippen molar-refractivity contribution in [3.05, 3.63) is 17.5 Å². The SMILES string of the molecule is CN=C(NCc1cc(C)no1)N1CC(=O)N(C(C)C)C(C)(C)C1.I. The van der Waals surface area contributed by atoms with E-state index in [4.69, 9.17) is 4.52 Å². The number of halogens is 1. The maximum absolute atomic E-state index is 12.5. The lowest BCUT2D eigenvalue weighted by atomic mass is 9.96. The number of carbonyl (C=O) groups excluding carboxylic acids is 1. The van der Waals surface area contributed by atoms with Crippen LogP contribution in [0, 0.1) is 6.92 Å². The molecule has 2 heterocycles. The summed E-state index contributed by atoms with van der Waals surface area (Å²) in [6, 6.07) is 2.07. The maximum atomic E-state index is 12.5. The van der Waals surface area contributed by atoms with Gasteiger partial charge in [-0.3, -0.25) is 9.79 Å². The van der Waals surface area contributed by atoms with Crippen LogP contribution in [0.5, 0.6) is 0 Å². The molecule has 1 aromatic rings. The first-order valence-electron chi connectivity index (χ1n) is 7.94. The molecular weight excluding hydrogens is 421 g/mol. The Balaban J connectivity index is 0.00000288. The largest absolute Gasteiger partial charge is 0.359 e. The van der Waals surface area contributed by atoms with Crippen molar-refractivity contribution in [2.75, 3.05) is 20.1 Å². The van der Waals surface area contributed by atoms with E-state index in [-0.39, 0.29) is 41.5 Å². The van der Waals surface area contributed by atoms with Crippen LogP contribution in [0.1, 0.15) is 39.1 Å². The van der Waals surface area contributed by atoms with E-state index >= 15 is 0 Å². The minimum Gasteiger partial charge on any atom is -0.359 e. The summed E-state index contributed by atoms with van der Waals surface area (Å²) in [6.45, 7) is 11.7. The number of hydrogen-bond donors (Lipinski definition) is 1. The number of aromatic nitrogens is 1. The van der Waals surface area contributed by atoms with Gasteiger partial charge in [-0.05, 0) is 34.6 Å². The third-order valence-corrected chi connectivity index (χ3v) is 3.95. The highest BCUT2D eigenvalue weighted by Crippen LogP contribution is 2.24. The zero-order valence-corrected chi connectivity index (χ0v) is 17.6. The first-order chi connectivity index (χ1) is 10.7. The molecule has 0 aromatic carbocycles. The molecule has 0 atom stereocenters. The number of nitrogens with one attached hydrogen (secondary N) is 1. The summed E-state index contributed by atoms with van der Waals surface area (Å²) in [4.78, 5) is 20.8. The van der Waals surface area contributed by atoms with Crippen LogP contribution in [0.3, 0.4) is 0 Å². The van der Waals surface area contributed by atoms with Gasteiger partial charge in [0, 0.05) is 25.7 Å². The van der Waals surface area contributed by atoms with Crippen molar-refractivity contribution >= 4 is 35.8 Å². The van der Waals surface area contributed by atoms with Crippen molar-refractivity contribution < 1.29 is 9.32 Å². The van der Waals surface area contributed by atoms with Crippen LogP contribution in [0.15, 0.2) is 15.6 Å². The second kappa shape index (κ2) is 8.17. The van der Waals surface area contributed by atoms with Gasteiger partial charge >= 0.3 is 0 Å². The Morgan fingerprint density at radius 2 is 2.17 bits per heavy atom. The molecule has 0 unspecified atom stereocenters. The highest BCUT2D eigenvalue weighted by atomic mass is 127. The number of guanidine groups is 1. The molecule has 1 fully saturated rings. The van der Waals surface area contributed by atoms with Crippen LogP contribution in [0.25, 0.3) is 0 Å². The van der Waals surface area contributed by atoms with Gasteiger partial charge in [0.05, 0.1) is 24.3 Å². The van der Waals surface area contributed by atoms with E-state index in [0.29, 0.717) is 19.0 Å². The number of aliphatic imine (C=N–C) groups is 1. The predicted molar refractivity (Wildman–Crippen MR) is 104 cm³/mol. The second-order valence-electron chi connectivity index (χ2n) is 6.86. The molecule has 136 valence electrons.